The predicted octanol–water partition coefficient (Wildman–Crippen LogP) is 2.29. The molecule has 0 aliphatic rings. The molecule has 3 heteroatoms. The van der Waals surface area contributed by atoms with Crippen LogP contribution in [0.5, 0.6) is 0 Å². The van der Waals surface area contributed by atoms with Gasteiger partial charge in [0.2, 0.25) is 0 Å². The monoisotopic (exact) mass is 177 g/mol. The van der Waals surface area contributed by atoms with Crippen molar-refractivity contribution in [3.63, 3.8) is 0 Å². The highest BCUT2D eigenvalue weighted by atomic mass is 19.1. The van der Waals surface area contributed by atoms with Crippen molar-refractivity contribution < 1.29 is 9.18 Å². The summed E-state index contributed by atoms with van der Waals surface area (Å²) >= 11 is 0. The van der Waals surface area contributed by atoms with Crippen LogP contribution in [0.3, 0.4) is 0 Å². The molecule has 0 radical (unpaired) electrons. The maximum absolute atomic E-state index is 12.7. The van der Waals surface area contributed by atoms with Gasteiger partial charge in [-0.05, 0) is 27.7 Å². The van der Waals surface area contributed by atoms with Crippen LogP contribution in [-0.2, 0) is 4.79 Å². The zero-order valence-electron chi connectivity index (χ0n) is 8.86. The third-order valence-corrected chi connectivity index (χ3v) is 0.960. The molecule has 0 rings (SSSR count). The molecule has 0 aromatic rings. The first-order valence-corrected chi connectivity index (χ1v) is 4.34. The molecule has 0 unspecified atom stereocenters. The number of alkyl halides is 1. The smallest absolute Gasteiger partial charge is 0.257 e. The molecule has 0 bridgehead atoms. The first-order chi connectivity index (χ1) is 5.34. The van der Waals surface area contributed by atoms with Crippen LogP contribution in [0.2, 0.25) is 0 Å². The molecule has 0 aliphatic heterocycles. The van der Waals surface area contributed by atoms with E-state index in [2.05, 4.69) is 5.32 Å². The van der Waals surface area contributed by atoms with E-state index in [0.29, 0.717) is 0 Å². The summed E-state index contributed by atoms with van der Waals surface area (Å²) in [6.45, 7) is 10.1. The zero-order valence-corrected chi connectivity index (χ0v) is 8.86. The van der Waals surface area contributed by atoms with Gasteiger partial charge >= 0.3 is 0 Å². The number of halogens is 1. The standard InChI is InChI=1S/C7H14FNO.C2H6/c1-5(2)9-6(10)7(3,4)8;1-2/h5H,1-4H3,(H,9,10);1-2H3. The normalized spacial score (nSPS) is 10.3. The van der Waals surface area contributed by atoms with Crippen LogP contribution >= 0.6 is 0 Å². The number of rotatable bonds is 2. The molecular formula is C9H20FNO. The number of carbonyl (C=O) groups excluding carboxylic acids is 1. The average molecular weight is 177 g/mol. The maximum Gasteiger partial charge on any atom is 0.257 e. The fraction of sp³-hybridized carbons (Fsp3) is 0.889. The molecule has 74 valence electrons. The summed E-state index contributed by atoms with van der Waals surface area (Å²) < 4.78 is 12.7. The highest BCUT2D eigenvalue weighted by Gasteiger charge is 2.26. The Morgan fingerprint density at radius 1 is 1.33 bits per heavy atom. The van der Waals surface area contributed by atoms with Crippen LogP contribution in [-0.4, -0.2) is 17.6 Å². The average Bonchev–Trinajstić information content (AvgIpc) is 1.88. The summed E-state index contributed by atoms with van der Waals surface area (Å²) in [4.78, 5) is 10.8. The Bertz CT molecular complexity index is 127. The van der Waals surface area contributed by atoms with Crippen LogP contribution in [0, 0.1) is 0 Å². The molecule has 0 aliphatic carbocycles. The number of carbonyl (C=O) groups is 1. The van der Waals surface area contributed by atoms with Crippen LogP contribution in [0.1, 0.15) is 41.5 Å². The van der Waals surface area contributed by atoms with Crippen molar-refractivity contribution in [1.29, 1.82) is 0 Å². The Kier molecular flexibility index (Phi) is 6.95. The Morgan fingerprint density at radius 2 is 1.67 bits per heavy atom. The van der Waals surface area contributed by atoms with Gasteiger partial charge in [0.25, 0.3) is 5.91 Å². The van der Waals surface area contributed by atoms with Gasteiger partial charge in [0, 0.05) is 6.04 Å². The third-order valence-electron chi connectivity index (χ3n) is 0.960. The lowest BCUT2D eigenvalue weighted by Crippen LogP contribution is -2.42. The Morgan fingerprint density at radius 3 is 1.75 bits per heavy atom. The quantitative estimate of drug-likeness (QED) is 0.689. The summed E-state index contributed by atoms with van der Waals surface area (Å²) in [7, 11) is 0. The molecule has 0 heterocycles. The summed E-state index contributed by atoms with van der Waals surface area (Å²) in [5.74, 6) is -0.553. The third kappa shape index (κ3) is 7.51. The minimum atomic E-state index is -1.76. The molecule has 12 heavy (non-hydrogen) atoms. The Balaban J connectivity index is 0. The van der Waals surface area contributed by atoms with Crippen molar-refractivity contribution in [1.82, 2.24) is 5.32 Å². The van der Waals surface area contributed by atoms with Crippen molar-refractivity contribution in [2.24, 2.45) is 0 Å². The zero-order chi connectivity index (χ0) is 10.4. The largest absolute Gasteiger partial charge is 0.351 e. The van der Waals surface area contributed by atoms with Gasteiger partial charge < -0.3 is 5.32 Å². The van der Waals surface area contributed by atoms with Gasteiger partial charge in [0.1, 0.15) is 0 Å². The van der Waals surface area contributed by atoms with E-state index < -0.39 is 11.6 Å². The van der Waals surface area contributed by atoms with Gasteiger partial charge in [-0.15, -0.1) is 0 Å². The Hall–Kier alpha value is -0.600. The fourth-order valence-corrected chi connectivity index (χ4v) is 0.434. The summed E-state index contributed by atoms with van der Waals surface area (Å²) in [6.07, 6.45) is 0. The van der Waals surface area contributed by atoms with Gasteiger partial charge in [-0.2, -0.15) is 0 Å². The van der Waals surface area contributed by atoms with E-state index in [9.17, 15) is 9.18 Å². The van der Waals surface area contributed by atoms with E-state index in [1.54, 1.807) is 13.8 Å². The van der Waals surface area contributed by atoms with Crippen LogP contribution in [0.4, 0.5) is 4.39 Å². The van der Waals surface area contributed by atoms with Gasteiger partial charge in [0.15, 0.2) is 5.67 Å². The molecule has 0 fully saturated rings. The number of amides is 1. The predicted molar refractivity (Wildman–Crippen MR) is 49.8 cm³/mol. The molecule has 0 spiro atoms. The SMILES string of the molecule is CC.CC(C)NC(=O)C(C)(C)F. The first-order valence-electron chi connectivity index (χ1n) is 4.34. The minimum absolute atomic E-state index is 0.00234. The summed E-state index contributed by atoms with van der Waals surface area (Å²) in [5.41, 5.74) is -1.76. The van der Waals surface area contributed by atoms with E-state index in [0.717, 1.165) is 0 Å². The Labute approximate surface area is 74.5 Å². The topological polar surface area (TPSA) is 29.1 Å². The molecule has 2 nitrogen and oxygen atoms in total. The van der Waals surface area contributed by atoms with E-state index in [4.69, 9.17) is 0 Å². The first kappa shape index (κ1) is 14.0. The number of hydrogen-bond donors (Lipinski definition) is 1. The minimum Gasteiger partial charge on any atom is -0.351 e. The lowest BCUT2D eigenvalue weighted by atomic mass is 10.1. The van der Waals surface area contributed by atoms with Crippen LogP contribution in [0.15, 0.2) is 0 Å². The highest BCUT2D eigenvalue weighted by molar-refractivity contribution is 5.84. The van der Waals surface area contributed by atoms with Gasteiger partial charge in [0.05, 0.1) is 0 Å². The second-order valence-electron chi connectivity index (χ2n) is 3.10. The van der Waals surface area contributed by atoms with Crippen LogP contribution < -0.4 is 5.32 Å². The second-order valence-corrected chi connectivity index (χ2v) is 3.10. The molecule has 0 saturated heterocycles. The maximum atomic E-state index is 12.7. The second kappa shape index (κ2) is 5.98. The van der Waals surface area contributed by atoms with Crippen LogP contribution in [0.25, 0.3) is 0 Å². The van der Waals surface area contributed by atoms with E-state index in [1.165, 1.54) is 13.8 Å². The molecule has 0 aromatic carbocycles. The fourth-order valence-electron chi connectivity index (χ4n) is 0.434. The highest BCUT2D eigenvalue weighted by Crippen LogP contribution is 2.07. The van der Waals surface area contributed by atoms with Gasteiger partial charge in [-0.25, -0.2) is 4.39 Å². The molecule has 1 N–H and O–H groups in total. The lowest BCUT2D eigenvalue weighted by Gasteiger charge is -2.15. The van der Waals surface area contributed by atoms with Crippen molar-refractivity contribution in [2.45, 2.75) is 53.3 Å². The molecule has 1 amide bonds. The summed E-state index contributed by atoms with van der Waals surface area (Å²) in [5, 5.41) is 2.47. The molecule has 0 atom stereocenters. The molecular weight excluding hydrogens is 157 g/mol. The van der Waals surface area contributed by atoms with Gasteiger partial charge in [-0.3, -0.25) is 4.79 Å². The molecule has 0 saturated carbocycles. The van der Waals surface area contributed by atoms with E-state index in [-0.39, 0.29) is 6.04 Å². The van der Waals surface area contributed by atoms with E-state index >= 15 is 0 Å². The van der Waals surface area contributed by atoms with Crippen molar-refractivity contribution in [3.8, 4) is 0 Å². The van der Waals surface area contributed by atoms with Crippen molar-refractivity contribution in [3.05, 3.63) is 0 Å². The van der Waals surface area contributed by atoms with Crippen molar-refractivity contribution in [2.75, 3.05) is 0 Å². The summed E-state index contributed by atoms with van der Waals surface area (Å²) in [6, 6.07) is 0.00234. The van der Waals surface area contributed by atoms with Crippen molar-refractivity contribution >= 4 is 5.91 Å². The molecule has 0 aromatic heterocycles. The van der Waals surface area contributed by atoms with E-state index in [1.807, 2.05) is 13.8 Å². The number of hydrogen-bond acceptors (Lipinski definition) is 1. The van der Waals surface area contributed by atoms with Gasteiger partial charge in [-0.1, -0.05) is 13.8 Å². The number of nitrogens with one attached hydrogen (secondary N) is 1. The lowest BCUT2D eigenvalue weighted by molar-refractivity contribution is -0.131.